The molecule has 1 N–H and O–H groups in total. The van der Waals surface area contributed by atoms with Crippen molar-refractivity contribution in [3.8, 4) is 11.3 Å². The third kappa shape index (κ3) is 2.09. The molecule has 0 radical (unpaired) electrons. The number of thiazole rings is 1. The van der Waals surface area contributed by atoms with Crippen LogP contribution in [0, 0.1) is 5.41 Å². The van der Waals surface area contributed by atoms with Gasteiger partial charge in [-0.2, -0.15) is 0 Å². The largest absolute Gasteiger partial charge is 0.301 e. The fourth-order valence-corrected chi connectivity index (χ4v) is 4.44. The molecule has 0 saturated heterocycles. The zero-order valence-corrected chi connectivity index (χ0v) is 12.9. The number of carbonyl (C=O) groups is 1. The lowest BCUT2D eigenvalue weighted by Gasteiger charge is -2.21. The molecule has 108 valence electrons. The van der Waals surface area contributed by atoms with E-state index < -0.39 is 0 Å². The van der Waals surface area contributed by atoms with E-state index in [1.807, 2.05) is 6.07 Å². The molecule has 2 aromatic rings. The van der Waals surface area contributed by atoms with Crippen molar-refractivity contribution < 1.29 is 4.79 Å². The Hall–Kier alpha value is -1.68. The van der Waals surface area contributed by atoms with E-state index in [4.69, 9.17) is 0 Å². The van der Waals surface area contributed by atoms with Crippen LogP contribution in [0.5, 0.6) is 0 Å². The number of hydrogen-bond donors (Lipinski definition) is 1. The molecule has 1 saturated carbocycles. The van der Waals surface area contributed by atoms with Gasteiger partial charge in [0.1, 0.15) is 0 Å². The van der Waals surface area contributed by atoms with Crippen molar-refractivity contribution in [3.05, 3.63) is 34.7 Å². The predicted molar refractivity (Wildman–Crippen MR) is 85.6 cm³/mol. The molecule has 4 rings (SSSR count). The third-order valence-electron chi connectivity index (χ3n) is 4.80. The highest BCUT2D eigenvalue weighted by Gasteiger charge is 2.37. The van der Waals surface area contributed by atoms with Gasteiger partial charge in [-0.05, 0) is 18.4 Å². The van der Waals surface area contributed by atoms with E-state index >= 15 is 0 Å². The molecule has 21 heavy (non-hydrogen) atoms. The Labute approximate surface area is 128 Å². The van der Waals surface area contributed by atoms with Crippen molar-refractivity contribution in [1.82, 2.24) is 4.98 Å². The normalized spacial score (nSPS) is 18.3. The molecular formula is C17H18N2OS. The summed E-state index contributed by atoms with van der Waals surface area (Å²) in [5.41, 5.74) is 3.42. The lowest BCUT2D eigenvalue weighted by Crippen LogP contribution is -2.30. The Balaban J connectivity index is 1.58. The first kappa shape index (κ1) is 13.0. The molecular weight excluding hydrogens is 280 g/mol. The van der Waals surface area contributed by atoms with Crippen LogP contribution in [-0.2, 0) is 11.2 Å². The average Bonchev–Trinajstić information content (AvgIpc) is 3.13. The number of anilines is 1. The Bertz CT molecular complexity index is 713. The monoisotopic (exact) mass is 298 g/mol. The standard InChI is InChI=1S/C17H18N2OS/c1-17(8-4-5-9-17)15(20)19-16-18-14-12-7-3-2-6-11(12)10-13(14)21-16/h2-3,6-7H,4-5,8-10H2,1H3,(H,18,19,20). The number of hydrogen-bond acceptors (Lipinski definition) is 3. The van der Waals surface area contributed by atoms with Crippen LogP contribution in [0.3, 0.4) is 0 Å². The summed E-state index contributed by atoms with van der Waals surface area (Å²) in [4.78, 5) is 18.4. The summed E-state index contributed by atoms with van der Waals surface area (Å²) in [7, 11) is 0. The van der Waals surface area contributed by atoms with Gasteiger partial charge in [0.15, 0.2) is 5.13 Å². The maximum atomic E-state index is 12.5. The first-order valence-corrected chi connectivity index (χ1v) is 8.37. The van der Waals surface area contributed by atoms with Gasteiger partial charge in [0, 0.05) is 22.3 Å². The minimum Gasteiger partial charge on any atom is -0.301 e. The van der Waals surface area contributed by atoms with Crippen LogP contribution in [0.2, 0.25) is 0 Å². The van der Waals surface area contributed by atoms with Gasteiger partial charge in [0.05, 0.1) is 5.69 Å². The minimum atomic E-state index is -0.200. The van der Waals surface area contributed by atoms with Gasteiger partial charge >= 0.3 is 0 Å². The summed E-state index contributed by atoms with van der Waals surface area (Å²) in [5.74, 6) is 0.140. The molecule has 1 aromatic carbocycles. The van der Waals surface area contributed by atoms with Gasteiger partial charge in [-0.3, -0.25) is 4.79 Å². The molecule has 1 heterocycles. The van der Waals surface area contributed by atoms with Crippen LogP contribution in [-0.4, -0.2) is 10.9 Å². The van der Waals surface area contributed by atoms with Crippen molar-refractivity contribution in [1.29, 1.82) is 0 Å². The summed E-state index contributed by atoms with van der Waals surface area (Å²) in [6, 6.07) is 8.39. The van der Waals surface area contributed by atoms with Gasteiger partial charge in [0.2, 0.25) is 5.91 Å². The zero-order valence-electron chi connectivity index (χ0n) is 12.1. The second-order valence-corrected chi connectivity index (χ2v) is 7.43. The summed E-state index contributed by atoms with van der Waals surface area (Å²) < 4.78 is 0. The predicted octanol–water partition coefficient (Wildman–Crippen LogP) is 4.23. The van der Waals surface area contributed by atoms with Gasteiger partial charge in [-0.25, -0.2) is 4.98 Å². The average molecular weight is 298 g/mol. The second kappa shape index (κ2) is 4.67. The van der Waals surface area contributed by atoms with Crippen LogP contribution in [0.4, 0.5) is 5.13 Å². The SMILES string of the molecule is CC1(C(=O)Nc2nc3c(s2)Cc2ccccc2-3)CCCC1. The molecule has 0 atom stereocenters. The molecule has 0 unspecified atom stereocenters. The quantitative estimate of drug-likeness (QED) is 0.769. The molecule has 4 heteroatoms. The molecule has 2 aliphatic carbocycles. The van der Waals surface area contributed by atoms with Crippen LogP contribution >= 0.6 is 11.3 Å². The molecule has 3 nitrogen and oxygen atoms in total. The Morgan fingerprint density at radius 2 is 2.05 bits per heavy atom. The van der Waals surface area contributed by atoms with E-state index in [-0.39, 0.29) is 11.3 Å². The van der Waals surface area contributed by atoms with E-state index in [9.17, 15) is 4.79 Å². The fourth-order valence-electron chi connectivity index (χ4n) is 3.44. The first-order valence-electron chi connectivity index (χ1n) is 7.55. The number of rotatable bonds is 2. The van der Waals surface area contributed by atoms with E-state index in [1.54, 1.807) is 11.3 Å². The van der Waals surface area contributed by atoms with Gasteiger partial charge < -0.3 is 5.32 Å². The molecule has 1 amide bonds. The maximum absolute atomic E-state index is 12.5. The summed E-state index contributed by atoms with van der Waals surface area (Å²) >= 11 is 1.62. The first-order chi connectivity index (χ1) is 10.2. The van der Waals surface area contributed by atoms with E-state index in [0.717, 1.165) is 42.9 Å². The lowest BCUT2D eigenvalue weighted by molar-refractivity contribution is -0.124. The number of amides is 1. The Kier molecular flexibility index (Phi) is 2.89. The molecule has 0 bridgehead atoms. The van der Waals surface area contributed by atoms with Crippen molar-refractivity contribution in [3.63, 3.8) is 0 Å². The smallest absolute Gasteiger partial charge is 0.232 e. The van der Waals surface area contributed by atoms with Gasteiger partial charge in [-0.1, -0.05) is 44.0 Å². The second-order valence-electron chi connectivity index (χ2n) is 6.35. The van der Waals surface area contributed by atoms with E-state index in [2.05, 4.69) is 35.4 Å². The number of carbonyl (C=O) groups excluding carboxylic acids is 1. The minimum absolute atomic E-state index is 0.140. The van der Waals surface area contributed by atoms with Crippen LogP contribution in [0.25, 0.3) is 11.3 Å². The van der Waals surface area contributed by atoms with Crippen LogP contribution in [0.15, 0.2) is 24.3 Å². The molecule has 1 fully saturated rings. The molecule has 1 aromatic heterocycles. The highest BCUT2D eigenvalue weighted by atomic mass is 32.1. The fraction of sp³-hybridized carbons (Fsp3) is 0.412. The third-order valence-corrected chi connectivity index (χ3v) is 5.77. The van der Waals surface area contributed by atoms with Crippen molar-refractivity contribution in [2.24, 2.45) is 5.41 Å². The van der Waals surface area contributed by atoms with Crippen molar-refractivity contribution in [2.45, 2.75) is 39.0 Å². The molecule has 0 aliphatic heterocycles. The van der Waals surface area contributed by atoms with Crippen molar-refractivity contribution >= 4 is 22.4 Å². The van der Waals surface area contributed by atoms with Gasteiger partial charge in [0.25, 0.3) is 0 Å². The van der Waals surface area contributed by atoms with Crippen molar-refractivity contribution in [2.75, 3.05) is 5.32 Å². The Morgan fingerprint density at radius 1 is 1.29 bits per heavy atom. The molecule has 0 spiro atoms. The van der Waals surface area contributed by atoms with Crippen LogP contribution in [0.1, 0.15) is 43.0 Å². The van der Waals surface area contributed by atoms with Crippen LogP contribution < -0.4 is 5.32 Å². The number of aromatic nitrogens is 1. The Morgan fingerprint density at radius 3 is 2.86 bits per heavy atom. The van der Waals surface area contributed by atoms with E-state index in [0.29, 0.717) is 0 Å². The zero-order chi connectivity index (χ0) is 14.4. The highest BCUT2D eigenvalue weighted by molar-refractivity contribution is 7.16. The van der Waals surface area contributed by atoms with Gasteiger partial charge in [-0.15, -0.1) is 11.3 Å². The number of fused-ring (bicyclic) bond motifs is 3. The number of nitrogens with zero attached hydrogens (tertiary/aromatic N) is 1. The maximum Gasteiger partial charge on any atom is 0.232 e. The summed E-state index contributed by atoms with van der Waals surface area (Å²) in [5, 5.41) is 3.81. The lowest BCUT2D eigenvalue weighted by atomic mass is 9.88. The topological polar surface area (TPSA) is 42.0 Å². The number of benzene rings is 1. The molecule has 2 aliphatic rings. The summed E-state index contributed by atoms with van der Waals surface area (Å²) in [6.45, 7) is 2.08. The summed E-state index contributed by atoms with van der Waals surface area (Å²) in [6.07, 6.45) is 5.24. The number of nitrogens with one attached hydrogen (secondary N) is 1. The highest BCUT2D eigenvalue weighted by Crippen LogP contribution is 2.42. The van der Waals surface area contributed by atoms with E-state index in [1.165, 1.54) is 16.0 Å².